The van der Waals surface area contributed by atoms with Gasteiger partial charge in [-0.25, -0.2) is 4.79 Å². The minimum absolute atomic E-state index is 0.324. The number of carbonyl (C=O) groups excluding carboxylic acids is 1. The zero-order chi connectivity index (χ0) is 13.4. The first-order valence-corrected chi connectivity index (χ1v) is 7.88. The molecule has 1 fully saturated rings. The molecule has 0 aliphatic carbocycles. The van der Waals surface area contributed by atoms with Gasteiger partial charge in [0.15, 0.2) is 0 Å². The molecule has 1 unspecified atom stereocenters. The highest BCUT2D eigenvalue weighted by molar-refractivity contribution is 7.99. The van der Waals surface area contributed by atoms with E-state index in [1.165, 1.54) is 17.9 Å². The molecule has 1 aliphatic rings. The maximum atomic E-state index is 11.3. The van der Waals surface area contributed by atoms with Crippen LogP contribution in [0.2, 0.25) is 0 Å². The molecule has 0 radical (unpaired) electrons. The van der Waals surface area contributed by atoms with E-state index in [-0.39, 0.29) is 6.09 Å². The molecule has 1 heterocycles. The second-order valence-corrected chi connectivity index (χ2v) is 6.87. The molecule has 5 heteroatoms. The number of carbonyl (C=O) groups is 1. The second-order valence-electron chi connectivity index (χ2n) is 5.72. The van der Waals surface area contributed by atoms with E-state index in [9.17, 15) is 4.79 Å². The Morgan fingerprint density at radius 1 is 1.39 bits per heavy atom. The van der Waals surface area contributed by atoms with Crippen LogP contribution in [0.4, 0.5) is 4.79 Å². The van der Waals surface area contributed by atoms with Crippen molar-refractivity contribution in [1.82, 2.24) is 10.6 Å². The van der Waals surface area contributed by atoms with Crippen LogP contribution < -0.4 is 10.6 Å². The maximum absolute atomic E-state index is 11.3. The molecular weight excluding hydrogens is 248 g/mol. The minimum Gasteiger partial charge on any atom is -0.444 e. The Kier molecular flexibility index (Phi) is 6.86. The van der Waals surface area contributed by atoms with Crippen molar-refractivity contribution in [2.75, 3.05) is 31.1 Å². The molecule has 1 atom stereocenters. The Morgan fingerprint density at radius 3 is 2.78 bits per heavy atom. The average Bonchev–Trinajstić information content (AvgIpc) is 2.73. The van der Waals surface area contributed by atoms with Crippen molar-refractivity contribution in [3.63, 3.8) is 0 Å². The van der Waals surface area contributed by atoms with Gasteiger partial charge in [-0.1, -0.05) is 0 Å². The van der Waals surface area contributed by atoms with E-state index in [2.05, 4.69) is 10.6 Å². The number of nitrogens with one attached hydrogen (secondary N) is 2. The lowest BCUT2D eigenvalue weighted by atomic mass is 10.1. The lowest BCUT2D eigenvalue weighted by Gasteiger charge is -2.19. The van der Waals surface area contributed by atoms with E-state index in [0.717, 1.165) is 25.4 Å². The van der Waals surface area contributed by atoms with E-state index >= 15 is 0 Å². The zero-order valence-corrected chi connectivity index (χ0v) is 12.6. The zero-order valence-electron chi connectivity index (χ0n) is 11.8. The number of alkyl carbamates (subject to hydrolysis) is 1. The van der Waals surface area contributed by atoms with Crippen molar-refractivity contribution >= 4 is 17.9 Å². The third-order valence-corrected chi connectivity index (χ3v) is 3.89. The van der Waals surface area contributed by atoms with Crippen LogP contribution in [0, 0.1) is 5.92 Å². The van der Waals surface area contributed by atoms with Crippen LogP contribution in [-0.2, 0) is 4.74 Å². The number of hydrogen-bond donors (Lipinski definition) is 2. The Morgan fingerprint density at radius 2 is 2.17 bits per heavy atom. The Bertz CT molecular complexity index is 248. The third-order valence-electron chi connectivity index (χ3n) is 2.66. The molecule has 2 N–H and O–H groups in total. The molecular formula is C13H26N2O2S. The van der Waals surface area contributed by atoms with Gasteiger partial charge in [0.25, 0.3) is 0 Å². The first kappa shape index (κ1) is 15.6. The van der Waals surface area contributed by atoms with Gasteiger partial charge in [-0.2, -0.15) is 11.8 Å². The fourth-order valence-electron chi connectivity index (χ4n) is 1.77. The number of thioether (sulfide) groups is 1. The van der Waals surface area contributed by atoms with Crippen molar-refractivity contribution in [3.8, 4) is 0 Å². The van der Waals surface area contributed by atoms with Crippen LogP contribution in [0.25, 0.3) is 0 Å². The SMILES string of the molecule is CC(C)(C)OC(=O)NCCCNCC1CCSC1. The van der Waals surface area contributed by atoms with Gasteiger partial charge >= 0.3 is 6.09 Å². The lowest BCUT2D eigenvalue weighted by Crippen LogP contribution is -2.34. The fourth-order valence-corrected chi connectivity index (χ4v) is 3.05. The van der Waals surface area contributed by atoms with Crippen LogP contribution >= 0.6 is 11.8 Å². The predicted molar refractivity (Wildman–Crippen MR) is 77.2 cm³/mol. The Balaban J connectivity index is 1.90. The number of ether oxygens (including phenoxy) is 1. The first-order valence-electron chi connectivity index (χ1n) is 6.73. The van der Waals surface area contributed by atoms with E-state index in [4.69, 9.17) is 4.74 Å². The molecule has 1 amide bonds. The number of hydrogen-bond acceptors (Lipinski definition) is 4. The molecule has 106 valence electrons. The third kappa shape index (κ3) is 7.82. The highest BCUT2D eigenvalue weighted by Gasteiger charge is 2.16. The largest absolute Gasteiger partial charge is 0.444 e. The van der Waals surface area contributed by atoms with Crippen LogP contribution in [0.1, 0.15) is 33.6 Å². The van der Waals surface area contributed by atoms with Crippen molar-refractivity contribution in [1.29, 1.82) is 0 Å². The van der Waals surface area contributed by atoms with Crippen LogP contribution in [-0.4, -0.2) is 42.8 Å². The van der Waals surface area contributed by atoms with Gasteiger partial charge < -0.3 is 15.4 Å². The average molecular weight is 274 g/mol. The summed E-state index contributed by atoms with van der Waals surface area (Å²) < 4.78 is 5.15. The highest BCUT2D eigenvalue weighted by atomic mass is 32.2. The van der Waals surface area contributed by atoms with Gasteiger partial charge in [-0.05, 0) is 64.1 Å². The van der Waals surface area contributed by atoms with Gasteiger partial charge in [0.2, 0.25) is 0 Å². The molecule has 1 saturated heterocycles. The smallest absolute Gasteiger partial charge is 0.407 e. The van der Waals surface area contributed by atoms with Crippen molar-refractivity contribution in [2.24, 2.45) is 5.92 Å². The molecule has 1 aliphatic heterocycles. The molecule has 0 aromatic rings. The number of amides is 1. The van der Waals surface area contributed by atoms with E-state index in [1.54, 1.807) is 0 Å². The summed E-state index contributed by atoms with van der Waals surface area (Å²) in [5, 5.41) is 6.21. The minimum atomic E-state index is -0.414. The summed E-state index contributed by atoms with van der Waals surface area (Å²) in [5.41, 5.74) is -0.414. The van der Waals surface area contributed by atoms with Gasteiger partial charge in [0.1, 0.15) is 5.60 Å². The van der Waals surface area contributed by atoms with E-state index < -0.39 is 5.60 Å². The van der Waals surface area contributed by atoms with Crippen LogP contribution in [0.5, 0.6) is 0 Å². The van der Waals surface area contributed by atoms with Gasteiger partial charge in [-0.15, -0.1) is 0 Å². The molecule has 0 aromatic heterocycles. The molecule has 0 saturated carbocycles. The van der Waals surface area contributed by atoms with Gasteiger partial charge in [0, 0.05) is 6.54 Å². The number of rotatable bonds is 6. The van der Waals surface area contributed by atoms with Gasteiger partial charge in [0.05, 0.1) is 0 Å². The van der Waals surface area contributed by atoms with Gasteiger partial charge in [-0.3, -0.25) is 0 Å². The molecule has 1 rings (SSSR count). The summed E-state index contributed by atoms with van der Waals surface area (Å²) in [5.74, 6) is 3.45. The lowest BCUT2D eigenvalue weighted by molar-refractivity contribution is 0.0527. The summed E-state index contributed by atoms with van der Waals surface area (Å²) in [6.45, 7) is 8.34. The molecule has 0 aromatic carbocycles. The Hall–Kier alpha value is -0.420. The summed E-state index contributed by atoms with van der Waals surface area (Å²) in [6, 6.07) is 0. The standard InChI is InChI=1S/C13H26N2O2S/c1-13(2,3)17-12(16)15-7-4-6-14-9-11-5-8-18-10-11/h11,14H,4-10H2,1-3H3,(H,15,16). The van der Waals surface area contributed by atoms with Crippen molar-refractivity contribution in [2.45, 2.75) is 39.2 Å². The fraction of sp³-hybridized carbons (Fsp3) is 0.923. The monoisotopic (exact) mass is 274 g/mol. The molecule has 0 bridgehead atoms. The normalized spacial score (nSPS) is 19.8. The van der Waals surface area contributed by atoms with E-state index in [1.807, 2.05) is 32.5 Å². The first-order chi connectivity index (χ1) is 8.47. The van der Waals surface area contributed by atoms with Crippen LogP contribution in [0.15, 0.2) is 0 Å². The molecule has 0 spiro atoms. The van der Waals surface area contributed by atoms with Crippen molar-refractivity contribution < 1.29 is 9.53 Å². The summed E-state index contributed by atoms with van der Waals surface area (Å²) >= 11 is 2.05. The summed E-state index contributed by atoms with van der Waals surface area (Å²) in [7, 11) is 0. The second kappa shape index (κ2) is 7.89. The quantitative estimate of drug-likeness (QED) is 0.729. The Labute approximate surface area is 115 Å². The summed E-state index contributed by atoms with van der Waals surface area (Å²) in [6.07, 6.45) is 1.96. The van der Waals surface area contributed by atoms with Crippen molar-refractivity contribution in [3.05, 3.63) is 0 Å². The molecule has 4 nitrogen and oxygen atoms in total. The summed E-state index contributed by atoms with van der Waals surface area (Å²) in [4.78, 5) is 11.3. The van der Waals surface area contributed by atoms with E-state index in [0.29, 0.717) is 6.54 Å². The van der Waals surface area contributed by atoms with Crippen LogP contribution in [0.3, 0.4) is 0 Å². The maximum Gasteiger partial charge on any atom is 0.407 e. The predicted octanol–water partition coefficient (Wildman–Crippen LogP) is 2.24. The molecule has 18 heavy (non-hydrogen) atoms. The highest BCUT2D eigenvalue weighted by Crippen LogP contribution is 2.22. The topological polar surface area (TPSA) is 50.4 Å².